The highest BCUT2D eigenvalue weighted by Gasteiger charge is 2.16. The minimum atomic E-state index is -0.442. The van der Waals surface area contributed by atoms with Crippen molar-refractivity contribution in [3.8, 4) is 5.75 Å². The Morgan fingerprint density at radius 2 is 1.59 bits per heavy atom. The van der Waals surface area contributed by atoms with Gasteiger partial charge in [0.2, 0.25) is 5.91 Å². The van der Waals surface area contributed by atoms with E-state index in [4.69, 9.17) is 16.3 Å². The summed E-state index contributed by atoms with van der Waals surface area (Å²) in [5.74, 6) is 0.0301. The normalized spacial score (nSPS) is 11.8. The molecule has 2 aromatic carbocycles. The molecule has 0 heterocycles. The molecular weight excluding hydrogens is 388 g/mol. The van der Waals surface area contributed by atoms with Gasteiger partial charge in [0.1, 0.15) is 5.75 Å². The fraction of sp³-hybridized carbons (Fsp3) is 0.391. The van der Waals surface area contributed by atoms with Gasteiger partial charge >= 0.3 is 0 Å². The van der Waals surface area contributed by atoms with Crippen molar-refractivity contribution in [2.45, 2.75) is 47.0 Å². The van der Waals surface area contributed by atoms with Crippen LogP contribution in [0.3, 0.4) is 0 Å². The molecule has 0 bridgehead atoms. The van der Waals surface area contributed by atoms with Crippen LogP contribution < -0.4 is 15.6 Å². The molecule has 0 aliphatic rings. The Balaban J connectivity index is 1.82. The molecule has 0 saturated heterocycles. The number of rotatable bonds is 7. The average Bonchev–Trinajstić information content (AvgIpc) is 2.68. The lowest BCUT2D eigenvalue weighted by Gasteiger charge is -2.15. The number of hydrogen-bond acceptors (Lipinski definition) is 3. The molecule has 2 N–H and O–H groups in total. The largest absolute Gasteiger partial charge is 0.484 e. The molecule has 29 heavy (non-hydrogen) atoms. The van der Waals surface area contributed by atoms with Crippen LogP contribution in [-0.2, 0) is 16.0 Å². The predicted molar refractivity (Wildman–Crippen MR) is 116 cm³/mol. The minimum absolute atomic E-state index is 0.209. The number of ether oxygens (including phenoxy) is 1. The lowest BCUT2D eigenvalue weighted by molar-refractivity contribution is -0.130. The Bertz CT molecular complexity index is 840. The first-order chi connectivity index (χ1) is 13.7. The highest BCUT2D eigenvalue weighted by Crippen LogP contribution is 2.25. The third-order valence-electron chi connectivity index (χ3n) is 4.62. The summed E-state index contributed by atoms with van der Waals surface area (Å²) >= 11 is 6.13. The monoisotopic (exact) mass is 416 g/mol. The summed E-state index contributed by atoms with van der Waals surface area (Å²) in [5.41, 5.74) is 8.75. The molecule has 6 heteroatoms. The molecule has 0 aliphatic heterocycles. The number of amides is 2. The number of hydrogen-bond donors (Lipinski definition) is 2. The quantitative estimate of drug-likeness (QED) is 0.653. The molecular formula is C23H29ClN2O3. The van der Waals surface area contributed by atoms with E-state index in [1.165, 1.54) is 5.56 Å². The predicted octanol–water partition coefficient (Wildman–Crippen LogP) is 4.49. The maximum absolute atomic E-state index is 12.3. The molecule has 0 aliphatic carbocycles. The Kier molecular flexibility index (Phi) is 8.09. The molecule has 0 radical (unpaired) electrons. The first kappa shape index (κ1) is 22.8. The van der Waals surface area contributed by atoms with E-state index < -0.39 is 5.91 Å². The summed E-state index contributed by atoms with van der Waals surface area (Å²) < 4.78 is 5.48. The van der Waals surface area contributed by atoms with Crippen molar-refractivity contribution in [3.05, 3.63) is 63.7 Å². The number of hydrazine groups is 1. The van der Waals surface area contributed by atoms with E-state index >= 15 is 0 Å². The maximum atomic E-state index is 12.3. The summed E-state index contributed by atoms with van der Waals surface area (Å²) in [5, 5.41) is 0.681. The lowest BCUT2D eigenvalue weighted by Crippen LogP contribution is -2.45. The summed E-state index contributed by atoms with van der Waals surface area (Å²) in [6.45, 7) is 9.68. The fourth-order valence-corrected chi connectivity index (χ4v) is 3.09. The average molecular weight is 417 g/mol. The maximum Gasteiger partial charge on any atom is 0.276 e. The Morgan fingerprint density at radius 1 is 1.00 bits per heavy atom. The van der Waals surface area contributed by atoms with Crippen molar-refractivity contribution in [3.63, 3.8) is 0 Å². The second-order valence-corrected chi connectivity index (χ2v) is 8.14. The molecule has 2 aromatic rings. The van der Waals surface area contributed by atoms with Crippen molar-refractivity contribution in [2.24, 2.45) is 5.92 Å². The van der Waals surface area contributed by atoms with Gasteiger partial charge in [-0.15, -0.1) is 0 Å². The Morgan fingerprint density at radius 3 is 2.14 bits per heavy atom. The molecule has 0 fully saturated rings. The first-order valence-corrected chi connectivity index (χ1v) is 10.1. The zero-order valence-corrected chi connectivity index (χ0v) is 18.4. The number of carbonyl (C=O) groups is 2. The molecule has 5 nitrogen and oxygen atoms in total. The van der Waals surface area contributed by atoms with E-state index in [1.54, 1.807) is 19.1 Å². The van der Waals surface area contributed by atoms with Crippen molar-refractivity contribution < 1.29 is 14.3 Å². The van der Waals surface area contributed by atoms with Gasteiger partial charge in [-0.2, -0.15) is 0 Å². The molecule has 2 amide bonds. The zero-order chi connectivity index (χ0) is 21.6. The van der Waals surface area contributed by atoms with E-state index in [0.29, 0.717) is 16.7 Å². The number of carbonyl (C=O) groups excluding carboxylic acids is 2. The standard InChI is InChI=1S/C23H29ClN2O3/c1-14(2)10-18-6-8-19(9-7-18)17(5)23(28)26-25-21(27)13-29-20-11-15(3)22(24)16(4)12-20/h6-9,11-12,14,17H,10,13H2,1-5H3,(H,25,27)(H,26,28). The minimum Gasteiger partial charge on any atom is -0.484 e. The molecule has 1 unspecified atom stereocenters. The second kappa shape index (κ2) is 10.3. The van der Waals surface area contributed by atoms with Gasteiger partial charge in [0.15, 0.2) is 6.61 Å². The molecule has 0 saturated carbocycles. The lowest BCUT2D eigenvalue weighted by atomic mass is 9.96. The zero-order valence-electron chi connectivity index (χ0n) is 17.6. The van der Waals surface area contributed by atoms with Crippen molar-refractivity contribution in [1.29, 1.82) is 0 Å². The van der Waals surface area contributed by atoms with Gasteiger partial charge in [0.25, 0.3) is 5.91 Å². The van der Waals surface area contributed by atoms with E-state index in [9.17, 15) is 9.59 Å². The summed E-state index contributed by atoms with van der Waals surface area (Å²) in [7, 11) is 0. The Labute approximate surface area is 177 Å². The highest BCUT2D eigenvalue weighted by atomic mass is 35.5. The van der Waals surface area contributed by atoms with Crippen LogP contribution in [0.1, 0.15) is 48.9 Å². The number of nitrogens with one attached hydrogen (secondary N) is 2. The topological polar surface area (TPSA) is 67.4 Å². The van der Waals surface area contributed by atoms with Gasteiger partial charge in [0.05, 0.1) is 5.92 Å². The van der Waals surface area contributed by atoms with Gasteiger partial charge in [-0.1, -0.05) is 49.7 Å². The fourth-order valence-electron chi connectivity index (χ4n) is 2.98. The van der Waals surface area contributed by atoms with Crippen molar-refractivity contribution in [1.82, 2.24) is 10.9 Å². The van der Waals surface area contributed by atoms with Crippen LogP contribution in [-0.4, -0.2) is 18.4 Å². The van der Waals surface area contributed by atoms with E-state index in [1.807, 2.05) is 38.1 Å². The SMILES string of the molecule is Cc1cc(OCC(=O)NNC(=O)C(C)c2ccc(CC(C)C)cc2)cc(C)c1Cl. The third-order valence-corrected chi connectivity index (χ3v) is 5.22. The summed E-state index contributed by atoms with van der Waals surface area (Å²) in [6, 6.07) is 11.5. The smallest absolute Gasteiger partial charge is 0.276 e. The summed E-state index contributed by atoms with van der Waals surface area (Å²) in [4.78, 5) is 24.3. The van der Waals surface area contributed by atoms with Crippen LogP contribution in [0.5, 0.6) is 5.75 Å². The van der Waals surface area contributed by atoms with Gasteiger partial charge < -0.3 is 4.74 Å². The van der Waals surface area contributed by atoms with Gasteiger partial charge in [-0.25, -0.2) is 0 Å². The van der Waals surface area contributed by atoms with Gasteiger partial charge in [-0.3, -0.25) is 20.4 Å². The van der Waals surface area contributed by atoms with E-state index in [-0.39, 0.29) is 18.4 Å². The van der Waals surface area contributed by atoms with Gasteiger partial charge in [0, 0.05) is 5.02 Å². The van der Waals surface area contributed by atoms with Crippen molar-refractivity contribution in [2.75, 3.05) is 6.61 Å². The van der Waals surface area contributed by atoms with Crippen LogP contribution in [0.4, 0.5) is 0 Å². The Hall–Kier alpha value is -2.53. The van der Waals surface area contributed by atoms with Crippen LogP contribution in [0.2, 0.25) is 5.02 Å². The second-order valence-electron chi connectivity index (χ2n) is 7.76. The number of aryl methyl sites for hydroxylation is 2. The van der Waals surface area contributed by atoms with Crippen LogP contribution in [0, 0.1) is 19.8 Å². The number of benzene rings is 2. The van der Waals surface area contributed by atoms with Crippen LogP contribution in [0.15, 0.2) is 36.4 Å². The van der Waals surface area contributed by atoms with Gasteiger partial charge in [-0.05, 0) is 67.5 Å². The molecule has 0 spiro atoms. The molecule has 2 rings (SSSR count). The third kappa shape index (κ3) is 6.79. The number of halogens is 1. The molecule has 156 valence electrons. The van der Waals surface area contributed by atoms with Crippen molar-refractivity contribution >= 4 is 23.4 Å². The first-order valence-electron chi connectivity index (χ1n) is 9.74. The molecule has 1 atom stereocenters. The highest BCUT2D eigenvalue weighted by molar-refractivity contribution is 6.32. The van der Waals surface area contributed by atoms with Crippen LogP contribution in [0.25, 0.3) is 0 Å². The van der Waals surface area contributed by atoms with E-state index in [0.717, 1.165) is 23.1 Å². The molecule has 0 aromatic heterocycles. The summed E-state index contributed by atoms with van der Waals surface area (Å²) in [6.07, 6.45) is 1.00. The van der Waals surface area contributed by atoms with E-state index in [2.05, 4.69) is 24.7 Å². The van der Waals surface area contributed by atoms with Crippen LogP contribution >= 0.6 is 11.6 Å².